The average Bonchev–Trinajstić information content (AvgIpc) is 3.34. The van der Waals surface area contributed by atoms with Gasteiger partial charge in [-0.3, -0.25) is 9.36 Å². The van der Waals surface area contributed by atoms with Crippen LogP contribution in [0.1, 0.15) is 16.6 Å². The number of nitrogens with one attached hydrogen (secondary N) is 1. The van der Waals surface area contributed by atoms with Gasteiger partial charge in [0, 0.05) is 5.56 Å². The fraction of sp³-hybridized carbons (Fsp3) is 0.300. The van der Waals surface area contributed by atoms with E-state index < -0.39 is 24.5 Å². The van der Waals surface area contributed by atoms with Gasteiger partial charge < -0.3 is 25.0 Å². The lowest BCUT2D eigenvalue weighted by Gasteiger charge is -2.21. The van der Waals surface area contributed by atoms with Gasteiger partial charge in [-0.1, -0.05) is 24.3 Å². The lowest BCUT2D eigenvalue weighted by Crippen LogP contribution is -2.35. The molecule has 1 fully saturated rings. The van der Waals surface area contributed by atoms with Crippen LogP contribution in [0.25, 0.3) is 11.2 Å². The molecule has 1 amide bonds. The Labute approximate surface area is 171 Å². The van der Waals surface area contributed by atoms with Gasteiger partial charge in [-0.25, -0.2) is 15.0 Å². The standard InChI is InChI=1S/C20H21N5O5/c1-2-8-29-16-15(27)13(9-26)30-20(16)25-11-23-14-17(21-10-22-18(14)25)24-19(28)12-6-4-3-5-7-12/h2-7,10-11,13,15-16,20,26-27H,1,8-9H2,(H,21,22,24,28)/t13-,15-,16-,20-/m1/s1. The first-order chi connectivity index (χ1) is 14.6. The molecule has 0 spiro atoms. The molecule has 1 saturated heterocycles. The minimum absolute atomic E-state index is 0.194. The zero-order valence-electron chi connectivity index (χ0n) is 16.0. The van der Waals surface area contributed by atoms with Crippen molar-refractivity contribution < 1.29 is 24.5 Å². The monoisotopic (exact) mass is 411 g/mol. The molecule has 3 heterocycles. The van der Waals surface area contributed by atoms with Crippen molar-refractivity contribution >= 4 is 22.9 Å². The molecule has 0 saturated carbocycles. The Morgan fingerprint density at radius 1 is 1.30 bits per heavy atom. The molecule has 0 unspecified atom stereocenters. The van der Waals surface area contributed by atoms with E-state index in [1.165, 1.54) is 12.7 Å². The van der Waals surface area contributed by atoms with Gasteiger partial charge in [-0.05, 0) is 12.1 Å². The van der Waals surface area contributed by atoms with E-state index in [1.54, 1.807) is 34.9 Å². The maximum atomic E-state index is 12.5. The molecule has 4 atom stereocenters. The first kappa shape index (κ1) is 20.1. The van der Waals surface area contributed by atoms with Crippen LogP contribution < -0.4 is 5.32 Å². The van der Waals surface area contributed by atoms with Crippen LogP contribution in [-0.4, -0.2) is 67.2 Å². The first-order valence-corrected chi connectivity index (χ1v) is 9.35. The number of hydrogen-bond acceptors (Lipinski definition) is 8. The van der Waals surface area contributed by atoms with Crippen LogP contribution in [0.3, 0.4) is 0 Å². The van der Waals surface area contributed by atoms with Gasteiger partial charge in [0.25, 0.3) is 5.91 Å². The molecule has 0 aliphatic carbocycles. The number of ether oxygens (including phenoxy) is 2. The summed E-state index contributed by atoms with van der Waals surface area (Å²) in [4.78, 5) is 25.2. The van der Waals surface area contributed by atoms with E-state index in [0.717, 1.165) is 0 Å². The number of aliphatic hydroxyl groups excluding tert-OH is 2. The Balaban J connectivity index is 1.65. The van der Waals surface area contributed by atoms with E-state index in [2.05, 4.69) is 26.8 Å². The van der Waals surface area contributed by atoms with Gasteiger partial charge >= 0.3 is 0 Å². The van der Waals surface area contributed by atoms with Crippen LogP contribution in [0, 0.1) is 0 Å². The summed E-state index contributed by atoms with van der Waals surface area (Å²) in [5.41, 5.74) is 1.22. The number of benzene rings is 1. The highest BCUT2D eigenvalue weighted by molar-refractivity contribution is 6.06. The summed E-state index contributed by atoms with van der Waals surface area (Å²) in [6.45, 7) is 3.44. The van der Waals surface area contributed by atoms with Gasteiger partial charge in [0.1, 0.15) is 24.6 Å². The van der Waals surface area contributed by atoms with E-state index in [1.807, 2.05) is 6.07 Å². The SMILES string of the molecule is C=CCO[C@@H]1[C@H](O)[C@@H](CO)O[C@H]1n1cnc2c(NC(=O)c3ccccc3)ncnc21. The molecule has 3 N–H and O–H groups in total. The molecule has 2 aromatic heterocycles. The number of amides is 1. The highest BCUT2D eigenvalue weighted by Gasteiger charge is 2.45. The number of carbonyl (C=O) groups is 1. The Morgan fingerprint density at radius 2 is 2.10 bits per heavy atom. The zero-order chi connectivity index (χ0) is 21.1. The highest BCUT2D eigenvalue weighted by Crippen LogP contribution is 2.34. The van der Waals surface area contributed by atoms with Gasteiger partial charge in [-0.2, -0.15) is 0 Å². The van der Waals surface area contributed by atoms with Gasteiger partial charge in [0.2, 0.25) is 0 Å². The second kappa shape index (κ2) is 8.67. The van der Waals surface area contributed by atoms with E-state index in [9.17, 15) is 15.0 Å². The molecule has 0 radical (unpaired) electrons. The van der Waals surface area contributed by atoms with E-state index >= 15 is 0 Å². The third kappa shape index (κ3) is 3.68. The predicted molar refractivity (Wildman–Crippen MR) is 107 cm³/mol. The third-order valence-electron chi connectivity index (χ3n) is 4.80. The Bertz CT molecular complexity index is 1040. The summed E-state index contributed by atoms with van der Waals surface area (Å²) >= 11 is 0. The Kier molecular flexibility index (Phi) is 5.81. The van der Waals surface area contributed by atoms with Crippen molar-refractivity contribution in [2.75, 3.05) is 18.5 Å². The summed E-state index contributed by atoms with van der Waals surface area (Å²) < 4.78 is 13.0. The van der Waals surface area contributed by atoms with Crippen LogP contribution in [0.2, 0.25) is 0 Å². The lowest BCUT2D eigenvalue weighted by atomic mass is 10.1. The van der Waals surface area contributed by atoms with Crippen molar-refractivity contribution in [3.05, 3.63) is 61.2 Å². The summed E-state index contributed by atoms with van der Waals surface area (Å²) in [5, 5.41) is 22.7. The molecule has 0 bridgehead atoms. The van der Waals surface area contributed by atoms with E-state index in [4.69, 9.17) is 9.47 Å². The van der Waals surface area contributed by atoms with Gasteiger partial charge in [-0.15, -0.1) is 6.58 Å². The minimum atomic E-state index is -1.04. The maximum absolute atomic E-state index is 12.5. The van der Waals surface area contributed by atoms with Gasteiger partial charge in [0.15, 0.2) is 23.2 Å². The van der Waals surface area contributed by atoms with E-state index in [-0.39, 0.29) is 24.9 Å². The third-order valence-corrected chi connectivity index (χ3v) is 4.80. The van der Waals surface area contributed by atoms with Crippen LogP contribution in [0.4, 0.5) is 5.82 Å². The predicted octanol–water partition coefficient (Wildman–Crippen LogP) is 0.900. The Morgan fingerprint density at radius 3 is 2.83 bits per heavy atom. The molecule has 1 aromatic carbocycles. The number of fused-ring (bicyclic) bond motifs is 1. The summed E-state index contributed by atoms with van der Waals surface area (Å²) in [6, 6.07) is 8.74. The molecule has 3 aromatic rings. The smallest absolute Gasteiger partial charge is 0.256 e. The molecule has 30 heavy (non-hydrogen) atoms. The average molecular weight is 411 g/mol. The van der Waals surface area contributed by atoms with E-state index in [0.29, 0.717) is 16.7 Å². The van der Waals surface area contributed by atoms with Gasteiger partial charge in [0.05, 0.1) is 19.5 Å². The maximum Gasteiger partial charge on any atom is 0.256 e. The number of carbonyl (C=O) groups excluding carboxylic acids is 1. The van der Waals surface area contributed by atoms with Crippen molar-refractivity contribution in [1.82, 2.24) is 19.5 Å². The van der Waals surface area contributed by atoms with Crippen molar-refractivity contribution in [2.45, 2.75) is 24.5 Å². The fourth-order valence-electron chi connectivity index (χ4n) is 3.35. The first-order valence-electron chi connectivity index (χ1n) is 9.35. The fourth-order valence-corrected chi connectivity index (χ4v) is 3.35. The van der Waals surface area contributed by atoms with Crippen molar-refractivity contribution in [3.63, 3.8) is 0 Å². The molecular weight excluding hydrogens is 390 g/mol. The van der Waals surface area contributed by atoms with Crippen molar-refractivity contribution in [1.29, 1.82) is 0 Å². The topological polar surface area (TPSA) is 132 Å². The van der Waals surface area contributed by atoms with Crippen molar-refractivity contribution in [2.24, 2.45) is 0 Å². The summed E-state index contributed by atoms with van der Waals surface area (Å²) in [7, 11) is 0. The number of aromatic nitrogens is 4. The normalized spacial score (nSPS) is 23.5. The number of hydrogen-bond donors (Lipinski definition) is 3. The Hall–Kier alpha value is -3.18. The van der Waals surface area contributed by atoms with Crippen LogP contribution in [0.5, 0.6) is 0 Å². The number of nitrogens with zero attached hydrogens (tertiary/aromatic N) is 4. The van der Waals surface area contributed by atoms with Crippen LogP contribution >= 0.6 is 0 Å². The number of anilines is 1. The molecule has 1 aliphatic rings. The molecule has 1 aliphatic heterocycles. The lowest BCUT2D eigenvalue weighted by molar-refractivity contribution is -0.0645. The van der Waals surface area contributed by atoms with Crippen LogP contribution in [0.15, 0.2) is 55.6 Å². The number of rotatable bonds is 7. The summed E-state index contributed by atoms with van der Waals surface area (Å²) in [6.07, 6.45) is 0.915. The molecule has 10 heteroatoms. The number of imidazole rings is 1. The van der Waals surface area contributed by atoms with Crippen LogP contribution in [-0.2, 0) is 9.47 Å². The highest BCUT2D eigenvalue weighted by atomic mass is 16.6. The second-order valence-corrected chi connectivity index (χ2v) is 6.69. The minimum Gasteiger partial charge on any atom is -0.394 e. The molecule has 10 nitrogen and oxygen atoms in total. The molecular formula is C20H21N5O5. The second-order valence-electron chi connectivity index (χ2n) is 6.69. The zero-order valence-corrected chi connectivity index (χ0v) is 16.0. The largest absolute Gasteiger partial charge is 0.394 e. The molecule has 156 valence electrons. The quantitative estimate of drug-likeness (QED) is 0.489. The number of aliphatic hydroxyl groups is 2. The summed E-state index contributed by atoms with van der Waals surface area (Å²) in [5.74, 6) is -0.0846. The molecule has 4 rings (SSSR count). The van der Waals surface area contributed by atoms with Crippen molar-refractivity contribution in [3.8, 4) is 0 Å².